The van der Waals surface area contributed by atoms with Gasteiger partial charge in [-0.05, 0) is 44.1 Å². The average molecular weight is 464 g/mol. The van der Waals surface area contributed by atoms with Crippen molar-refractivity contribution in [2.45, 2.75) is 70.5 Å². The summed E-state index contributed by atoms with van der Waals surface area (Å²) in [5.41, 5.74) is 3.00. The van der Waals surface area contributed by atoms with Crippen LogP contribution in [0.4, 0.5) is 5.82 Å². The van der Waals surface area contributed by atoms with Crippen molar-refractivity contribution in [3.63, 3.8) is 0 Å². The van der Waals surface area contributed by atoms with Gasteiger partial charge < -0.3 is 15.1 Å². The standard InChI is InChI=1S/C27H35N5S/c1-3-8-20(9-4-1)18-32-16-12-21(13-17-32)28-26-25-22-10-7-11-23(22)33-27(25)30-24(29-26)19-31-14-5-2-6-15-31/h1,3-4,8-9,21H,2,5-7,10-19H2,(H,28,29,30)/p+2. The van der Waals surface area contributed by atoms with Crippen LogP contribution in [0.2, 0.25) is 0 Å². The van der Waals surface area contributed by atoms with E-state index in [0.29, 0.717) is 6.04 Å². The van der Waals surface area contributed by atoms with E-state index in [9.17, 15) is 0 Å². The van der Waals surface area contributed by atoms with Crippen LogP contribution >= 0.6 is 11.3 Å². The van der Waals surface area contributed by atoms with Crippen LogP contribution in [0, 0.1) is 0 Å². The fourth-order valence-electron chi connectivity index (χ4n) is 6.10. The summed E-state index contributed by atoms with van der Waals surface area (Å²) in [6.07, 6.45) is 10.2. The lowest BCUT2D eigenvalue weighted by Crippen LogP contribution is -3.12. The third kappa shape index (κ3) is 4.79. The topological polar surface area (TPSA) is 46.7 Å². The fraction of sp³-hybridized carbons (Fsp3) is 0.556. The second-order valence-electron chi connectivity index (χ2n) is 10.3. The molecule has 3 aliphatic rings. The number of piperidine rings is 2. The molecule has 4 heterocycles. The molecule has 6 heteroatoms. The quantitative estimate of drug-likeness (QED) is 0.526. The average Bonchev–Trinajstić information content (AvgIpc) is 3.43. The van der Waals surface area contributed by atoms with Gasteiger partial charge in [-0.1, -0.05) is 30.3 Å². The van der Waals surface area contributed by atoms with Gasteiger partial charge in [0.25, 0.3) is 0 Å². The van der Waals surface area contributed by atoms with Gasteiger partial charge in [-0.25, -0.2) is 9.97 Å². The molecule has 5 nitrogen and oxygen atoms in total. The van der Waals surface area contributed by atoms with E-state index in [1.807, 2.05) is 11.3 Å². The van der Waals surface area contributed by atoms with Crippen molar-refractivity contribution in [3.8, 4) is 0 Å². The molecule has 0 radical (unpaired) electrons. The monoisotopic (exact) mass is 463 g/mol. The van der Waals surface area contributed by atoms with E-state index in [0.717, 1.165) is 24.7 Å². The van der Waals surface area contributed by atoms with Crippen LogP contribution < -0.4 is 15.1 Å². The van der Waals surface area contributed by atoms with E-state index in [1.165, 1.54) is 93.3 Å². The number of likely N-dealkylation sites (tertiary alicyclic amines) is 2. The number of aromatic nitrogens is 2. The molecule has 6 rings (SSSR count). The Morgan fingerprint density at radius 2 is 1.64 bits per heavy atom. The van der Waals surface area contributed by atoms with E-state index in [2.05, 4.69) is 35.6 Å². The Kier molecular flexibility index (Phi) is 6.31. The summed E-state index contributed by atoms with van der Waals surface area (Å²) in [4.78, 5) is 16.4. The highest BCUT2D eigenvalue weighted by molar-refractivity contribution is 7.19. The molecule has 33 heavy (non-hydrogen) atoms. The maximum Gasteiger partial charge on any atom is 0.187 e. The zero-order valence-electron chi connectivity index (χ0n) is 19.7. The van der Waals surface area contributed by atoms with Crippen molar-refractivity contribution in [2.75, 3.05) is 31.5 Å². The van der Waals surface area contributed by atoms with Crippen molar-refractivity contribution < 1.29 is 9.80 Å². The molecule has 174 valence electrons. The number of hydrogen-bond donors (Lipinski definition) is 3. The van der Waals surface area contributed by atoms with Gasteiger partial charge in [0, 0.05) is 29.3 Å². The molecule has 3 N–H and O–H groups in total. The Hall–Kier alpha value is -2.02. The summed E-state index contributed by atoms with van der Waals surface area (Å²) in [6, 6.07) is 11.5. The van der Waals surface area contributed by atoms with Gasteiger partial charge in [0.1, 0.15) is 23.7 Å². The van der Waals surface area contributed by atoms with Crippen LogP contribution in [0.1, 0.15) is 60.4 Å². The second kappa shape index (κ2) is 9.69. The maximum atomic E-state index is 5.18. The number of rotatable bonds is 6. The van der Waals surface area contributed by atoms with Gasteiger partial charge in [-0.2, -0.15) is 0 Å². The Morgan fingerprint density at radius 1 is 0.848 bits per heavy atom. The van der Waals surface area contributed by atoms with E-state index in [-0.39, 0.29) is 0 Å². The molecule has 0 unspecified atom stereocenters. The first kappa shape index (κ1) is 21.5. The highest BCUT2D eigenvalue weighted by atomic mass is 32.1. The lowest BCUT2D eigenvalue weighted by molar-refractivity contribution is -0.919. The lowest BCUT2D eigenvalue weighted by atomic mass is 10.0. The summed E-state index contributed by atoms with van der Waals surface area (Å²) >= 11 is 1.94. The first-order valence-electron chi connectivity index (χ1n) is 13.1. The smallest absolute Gasteiger partial charge is 0.187 e. The Labute approximate surface area is 201 Å². The SMILES string of the molecule is c1ccc(C[NH+]2CCC(Nc3nc(C[NH+]4CCCCC4)nc4sc5c(c34)CCC5)CC2)cc1. The zero-order chi connectivity index (χ0) is 22.0. The predicted octanol–water partition coefficient (Wildman–Crippen LogP) is 2.41. The first-order valence-corrected chi connectivity index (χ1v) is 13.9. The molecule has 0 amide bonds. The normalized spacial score (nSPS) is 23.6. The number of fused-ring (bicyclic) bond motifs is 3. The van der Waals surface area contributed by atoms with Crippen LogP contribution in [-0.4, -0.2) is 42.2 Å². The number of thiophene rings is 1. The van der Waals surface area contributed by atoms with Gasteiger partial charge in [0.15, 0.2) is 5.82 Å². The predicted molar refractivity (Wildman–Crippen MR) is 135 cm³/mol. The van der Waals surface area contributed by atoms with Crippen molar-refractivity contribution in [3.05, 3.63) is 52.2 Å². The van der Waals surface area contributed by atoms with Crippen LogP contribution in [0.3, 0.4) is 0 Å². The van der Waals surface area contributed by atoms with Crippen LogP contribution in [0.25, 0.3) is 10.2 Å². The third-order valence-corrected chi connectivity index (χ3v) is 9.10. The van der Waals surface area contributed by atoms with E-state index < -0.39 is 0 Å². The number of hydrogen-bond acceptors (Lipinski definition) is 4. The Morgan fingerprint density at radius 3 is 2.45 bits per heavy atom. The van der Waals surface area contributed by atoms with Gasteiger partial charge in [0.05, 0.1) is 31.6 Å². The van der Waals surface area contributed by atoms with Gasteiger partial charge in [0.2, 0.25) is 0 Å². The minimum absolute atomic E-state index is 0.523. The molecule has 1 aromatic carbocycles. The molecular weight excluding hydrogens is 426 g/mol. The number of nitrogens with one attached hydrogen (secondary N) is 3. The summed E-state index contributed by atoms with van der Waals surface area (Å²) in [6.45, 7) is 7.13. The number of benzene rings is 1. The minimum atomic E-state index is 0.523. The summed E-state index contributed by atoms with van der Waals surface area (Å²) in [5.74, 6) is 2.19. The molecule has 1 aliphatic carbocycles. The Balaban J connectivity index is 1.19. The summed E-state index contributed by atoms with van der Waals surface area (Å²) < 4.78 is 0. The van der Waals surface area contributed by atoms with Crippen LogP contribution in [-0.2, 0) is 25.9 Å². The molecule has 2 saturated heterocycles. The molecular formula is C27H37N5S+2. The number of aryl methyl sites for hydroxylation is 2. The third-order valence-electron chi connectivity index (χ3n) is 7.91. The van der Waals surface area contributed by atoms with Crippen molar-refractivity contribution in [1.82, 2.24) is 9.97 Å². The van der Waals surface area contributed by atoms with Gasteiger partial charge in [-0.3, -0.25) is 0 Å². The van der Waals surface area contributed by atoms with Crippen molar-refractivity contribution in [2.24, 2.45) is 0 Å². The fourth-order valence-corrected chi connectivity index (χ4v) is 7.38. The van der Waals surface area contributed by atoms with Crippen LogP contribution in [0.5, 0.6) is 0 Å². The largest absolute Gasteiger partial charge is 0.366 e. The molecule has 0 spiro atoms. The molecule has 3 aromatic rings. The van der Waals surface area contributed by atoms with Gasteiger partial charge in [-0.15, -0.1) is 11.3 Å². The van der Waals surface area contributed by atoms with Crippen molar-refractivity contribution >= 4 is 27.4 Å². The minimum Gasteiger partial charge on any atom is -0.366 e. The highest BCUT2D eigenvalue weighted by Gasteiger charge is 2.27. The highest BCUT2D eigenvalue weighted by Crippen LogP contribution is 2.39. The van der Waals surface area contributed by atoms with Crippen LogP contribution in [0.15, 0.2) is 30.3 Å². The zero-order valence-corrected chi connectivity index (χ0v) is 20.5. The molecule has 0 atom stereocenters. The molecule has 0 saturated carbocycles. The Bertz CT molecular complexity index is 1080. The number of quaternary nitrogens is 2. The first-order chi connectivity index (χ1) is 16.3. The van der Waals surface area contributed by atoms with Crippen molar-refractivity contribution in [1.29, 1.82) is 0 Å². The van der Waals surface area contributed by atoms with Gasteiger partial charge >= 0.3 is 0 Å². The van der Waals surface area contributed by atoms with E-state index in [4.69, 9.17) is 9.97 Å². The molecule has 2 aliphatic heterocycles. The summed E-state index contributed by atoms with van der Waals surface area (Å²) in [5, 5.41) is 5.29. The number of anilines is 1. The van der Waals surface area contributed by atoms with E-state index >= 15 is 0 Å². The molecule has 0 bridgehead atoms. The molecule has 2 fully saturated rings. The lowest BCUT2D eigenvalue weighted by Gasteiger charge is -2.30. The molecule has 2 aromatic heterocycles. The number of nitrogens with zero attached hydrogens (tertiary/aromatic N) is 2. The maximum absolute atomic E-state index is 5.18. The van der Waals surface area contributed by atoms with E-state index in [1.54, 1.807) is 20.2 Å². The second-order valence-corrected chi connectivity index (χ2v) is 11.4. The summed E-state index contributed by atoms with van der Waals surface area (Å²) in [7, 11) is 0.